The third-order valence-corrected chi connectivity index (χ3v) is 7.17. The summed E-state index contributed by atoms with van der Waals surface area (Å²) in [6, 6.07) is 1.17. The molecule has 0 bridgehead atoms. The molecule has 0 aromatic rings. The maximum absolute atomic E-state index is 9.01. The van der Waals surface area contributed by atoms with Crippen LogP contribution in [0.3, 0.4) is 0 Å². The molecule has 1 nitrogen and oxygen atoms in total. The van der Waals surface area contributed by atoms with Crippen LogP contribution < -0.4 is 24.8 Å². The van der Waals surface area contributed by atoms with Crippen molar-refractivity contribution >= 4 is 8.07 Å². The topological polar surface area (TPSA) is 20.2 Å². The van der Waals surface area contributed by atoms with Crippen LogP contribution in [0.5, 0.6) is 0 Å². The zero-order chi connectivity index (χ0) is 12.3. The van der Waals surface area contributed by atoms with E-state index >= 15 is 0 Å². The van der Waals surface area contributed by atoms with Gasteiger partial charge in [-0.25, -0.2) is 0 Å². The van der Waals surface area contributed by atoms with Gasteiger partial charge in [-0.05, 0) is 6.42 Å². The second-order valence-corrected chi connectivity index (χ2v) is 10.2. The Morgan fingerprint density at radius 1 is 1.20 bits per heavy atom. The number of aliphatic hydroxyl groups is 1. The Balaban J connectivity index is 0. The van der Waals surface area contributed by atoms with E-state index in [1.165, 1.54) is 17.2 Å². The zero-order valence-electron chi connectivity index (χ0n) is 12.0. The van der Waals surface area contributed by atoms with Gasteiger partial charge in [0.2, 0.25) is 0 Å². The van der Waals surface area contributed by atoms with Crippen LogP contribution >= 0.6 is 0 Å². The van der Waals surface area contributed by atoms with E-state index in [1.807, 2.05) is 0 Å². The van der Waals surface area contributed by atoms with Crippen molar-refractivity contribution in [2.24, 2.45) is 0 Å². The van der Waals surface area contributed by atoms with Crippen molar-refractivity contribution in [3.63, 3.8) is 0 Å². The first-order valence-electron chi connectivity index (χ1n) is 6.44. The molecule has 2 aliphatic carbocycles. The van der Waals surface area contributed by atoms with E-state index in [-0.39, 0.29) is 51.0 Å². The minimum atomic E-state index is -1.38. The smallest absolute Gasteiger partial charge is 1.00 e. The molecule has 2 rings (SSSR count). The number of rotatable bonds is 5. The van der Waals surface area contributed by atoms with Crippen LogP contribution in [0.1, 0.15) is 19.3 Å². The monoisotopic (exact) mass is 405 g/mol. The molecule has 109 valence electrons. The van der Waals surface area contributed by atoms with Gasteiger partial charge in [-0.3, -0.25) is 0 Å². The minimum absolute atomic E-state index is 0. The third-order valence-electron chi connectivity index (χ3n) is 3.64. The molecule has 1 N–H and O–H groups in total. The number of hydrogen-bond acceptors (Lipinski definition) is 1. The fourth-order valence-corrected chi connectivity index (χ4v) is 5.60. The molecule has 1 radical (unpaired) electrons. The average molecular weight is 408 g/mol. The maximum atomic E-state index is 9.01. The number of halogens is 2. The number of aliphatic hydroxyl groups excluding tert-OH is 1. The normalized spacial score (nSPS) is 16.4. The van der Waals surface area contributed by atoms with Crippen molar-refractivity contribution in [1.82, 2.24) is 0 Å². The first-order valence-corrected chi connectivity index (χ1v) is 9.64. The van der Waals surface area contributed by atoms with Crippen LogP contribution in [0, 0.1) is 6.08 Å². The van der Waals surface area contributed by atoms with Gasteiger partial charge in [0, 0.05) is 6.61 Å². The van der Waals surface area contributed by atoms with Crippen LogP contribution in [0.4, 0.5) is 0 Å². The molecule has 2 aliphatic rings. The fourth-order valence-electron chi connectivity index (χ4n) is 2.66. The second kappa shape index (κ2) is 10.3. The Hall–Kier alpha value is 0.600. The van der Waals surface area contributed by atoms with E-state index in [4.69, 9.17) is 5.11 Å². The molecule has 0 aromatic heterocycles. The summed E-state index contributed by atoms with van der Waals surface area (Å²) >= 11 is 0. The van der Waals surface area contributed by atoms with Gasteiger partial charge in [0.15, 0.2) is 0 Å². The minimum Gasteiger partial charge on any atom is -1.00 e. The SMILES string of the molecule is C[Si](C)(CCCO)C1=C(C2=[C-]CC=C2)CC=C1.[Cl-].[Cl-].[Zr+3]. The Labute approximate surface area is 155 Å². The summed E-state index contributed by atoms with van der Waals surface area (Å²) in [4.78, 5) is 0. The van der Waals surface area contributed by atoms with E-state index < -0.39 is 8.07 Å². The predicted octanol–water partition coefficient (Wildman–Crippen LogP) is -2.43. The van der Waals surface area contributed by atoms with Crippen molar-refractivity contribution in [1.29, 1.82) is 0 Å². The summed E-state index contributed by atoms with van der Waals surface area (Å²) in [5.41, 5.74) is 2.81. The number of hydrogen-bond donors (Lipinski definition) is 1. The molecule has 20 heavy (non-hydrogen) atoms. The van der Waals surface area contributed by atoms with Gasteiger partial charge in [0.05, 0.1) is 8.07 Å². The van der Waals surface area contributed by atoms with Gasteiger partial charge in [-0.1, -0.05) is 44.1 Å². The van der Waals surface area contributed by atoms with Crippen molar-refractivity contribution in [2.45, 2.75) is 38.4 Å². The van der Waals surface area contributed by atoms with E-state index in [0.717, 1.165) is 19.3 Å². The maximum Gasteiger partial charge on any atom is 3.00 e. The molecule has 0 heterocycles. The Bertz CT molecular complexity index is 426. The predicted molar refractivity (Wildman–Crippen MR) is 75.3 cm³/mol. The molecule has 0 spiro atoms. The molecular formula is C15H21Cl2OSiZr. The van der Waals surface area contributed by atoms with Gasteiger partial charge in [-0.15, -0.1) is 16.8 Å². The standard InChI is InChI=1S/C15H21OSi.2ClH.Zr/c1-17(2,12-6-11-16)15-10-5-9-14(15)13-7-3-4-8-13;;;/h3,5,7,10,16H,4,6,9,11-12H2,1-2H3;2*1H;/q-1;;;+3/p-2. The molecule has 0 atom stereocenters. The first kappa shape index (κ1) is 22.9. The van der Waals surface area contributed by atoms with Crippen molar-refractivity contribution < 1.29 is 56.1 Å². The molecule has 0 saturated carbocycles. The summed E-state index contributed by atoms with van der Waals surface area (Å²) in [5, 5.41) is 10.6. The van der Waals surface area contributed by atoms with Crippen LogP contribution in [0.15, 0.2) is 40.6 Å². The van der Waals surface area contributed by atoms with Gasteiger partial charge < -0.3 is 29.9 Å². The Kier molecular flexibility index (Phi) is 11.8. The fraction of sp³-hybridized carbons (Fsp3) is 0.467. The largest absolute Gasteiger partial charge is 3.00 e. The number of allylic oxidation sites excluding steroid dienone is 8. The average Bonchev–Trinajstić information content (AvgIpc) is 2.95. The summed E-state index contributed by atoms with van der Waals surface area (Å²) in [5.74, 6) is 0. The zero-order valence-corrected chi connectivity index (χ0v) is 17.0. The van der Waals surface area contributed by atoms with Gasteiger partial charge in [0.1, 0.15) is 0 Å². The summed E-state index contributed by atoms with van der Waals surface area (Å²) in [7, 11) is -1.38. The molecule has 5 heteroatoms. The van der Waals surface area contributed by atoms with E-state index in [2.05, 4.69) is 43.5 Å². The van der Waals surface area contributed by atoms with Crippen LogP contribution in [-0.4, -0.2) is 19.8 Å². The van der Waals surface area contributed by atoms with Crippen LogP contribution in [0.25, 0.3) is 0 Å². The van der Waals surface area contributed by atoms with E-state index in [1.54, 1.807) is 5.20 Å². The molecule has 0 saturated heterocycles. The third kappa shape index (κ3) is 5.42. The van der Waals surface area contributed by atoms with E-state index in [0.29, 0.717) is 6.61 Å². The first-order chi connectivity index (χ1) is 8.15. The molecule has 0 amide bonds. The molecule has 0 aromatic carbocycles. The van der Waals surface area contributed by atoms with Crippen LogP contribution in [0.2, 0.25) is 19.1 Å². The quantitative estimate of drug-likeness (QED) is 0.397. The Morgan fingerprint density at radius 3 is 2.45 bits per heavy atom. The van der Waals surface area contributed by atoms with Gasteiger partial charge >= 0.3 is 26.2 Å². The molecule has 0 fully saturated rings. The molecular weight excluding hydrogens is 386 g/mol. The van der Waals surface area contributed by atoms with Crippen molar-refractivity contribution in [3.05, 3.63) is 46.7 Å². The summed E-state index contributed by atoms with van der Waals surface area (Å²) in [6.45, 7) is 5.14. The Morgan fingerprint density at radius 2 is 1.90 bits per heavy atom. The van der Waals surface area contributed by atoms with Gasteiger partial charge in [-0.2, -0.15) is 17.7 Å². The second-order valence-electron chi connectivity index (χ2n) is 5.41. The summed E-state index contributed by atoms with van der Waals surface area (Å²) < 4.78 is 0. The molecule has 0 unspecified atom stereocenters. The van der Waals surface area contributed by atoms with Crippen LogP contribution in [-0.2, 0) is 26.2 Å². The van der Waals surface area contributed by atoms with Crippen molar-refractivity contribution in [3.8, 4) is 0 Å². The van der Waals surface area contributed by atoms with Crippen molar-refractivity contribution in [2.75, 3.05) is 6.61 Å². The van der Waals surface area contributed by atoms with E-state index in [9.17, 15) is 0 Å². The molecule has 0 aliphatic heterocycles. The van der Waals surface area contributed by atoms with Gasteiger partial charge in [0.25, 0.3) is 0 Å². The summed E-state index contributed by atoms with van der Waals surface area (Å²) in [6.07, 6.45) is 15.4.